The van der Waals surface area contributed by atoms with Crippen LogP contribution in [-0.2, 0) is 70.8 Å². The van der Waals surface area contributed by atoms with Crippen LogP contribution in [0.25, 0.3) is 0 Å². The predicted octanol–water partition coefficient (Wildman–Crippen LogP) is 21.8. The summed E-state index contributed by atoms with van der Waals surface area (Å²) in [7, 11) is 0. The molecule has 8 aromatic carbocycles. The molecule has 8 aromatic rings. The second-order valence-electron chi connectivity index (χ2n) is 35.1. The quantitative estimate of drug-likeness (QED) is 0.0164. The second kappa shape index (κ2) is 65.5. The van der Waals surface area contributed by atoms with Gasteiger partial charge in [0.25, 0.3) is 23.6 Å². The number of carbonyl (C=O) groups excluding carboxylic acids is 8. The molecule has 0 fully saturated rings. The summed E-state index contributed by atoms with van der Waals surface area (Å²) in [6, 6.07) is 59.9. The summed E-state index contributed by atoms with van der Waals surface area (Å²) < 4.78 is 0. The first kappa shape index (κ1) is 115. The van der Waals surface area contributed by atoms with E-state index in [-0.39, 0.29) is 49.2 Å². The van der Waals surface area contributed by atoms with Crippen molar-refractivity contribution in [3.63, 3.8) is 0 Å². The number of hydrogen-bond acceptors (Lipinski definition) is 16. The molecule has 0 heterocycles. The lowest BCUT2D eigenvalue weighted by Gasteiger charge is -2.24. The summed E-state index contributed by atoms with van der Waals surface area (Å²) >= 11 is 5.96. The topological polar surface area (TPSA) is 347 Å². The van der Waals surface area contributed by atoms with Gasteiger partial charge in [0, 0.05) is 58.4 Å². The summed E-state index contributed by atoms with van der Waals surface area (Å²) in [5.74, 6) is 0.0882. The maximum Gasteiger partial charge on any atom is 0.327 e. The molecule has 8 N–H and O–H groups in total. The van der Waals surface area contributed by atoms with Gasteiger partial charge in [-0.15, -0.1) is 0 Å². The Labute approximate surface area is 823 Å². The molecule has 0 spiro atoms. The van der Waals surface area contributed by atoms with Crippen molar-refractivity contribution in [3.05, 3.63) is 285 Å². The first-order valence-electron chi connectivity index (χ1n) is 47.5. The van der Waals surface area contributed by atoms with Gasteiger partial charge in [0.15, 0.2) is 0 Å². The smallest absolute Gasteiger partial charge is 0.327 e. The van der Waals surface area contributed by atoms with E-state index < -0.39 is 95.8 Å². The van der Waals surface area contributed by atoms with Crippen LogP contribution < -0.4 is 21.3 Å². The van der Waals surface area contributed by atoms with E-state index in [1.165, 1.54) is 47.0 Å². The lowest BCUT2D eigenvalue weighted by atomic mass is 10.0. The van der Waals surface area contributed by atoms with Gasteiger partial charge in [0.1, 0.15) is 24.2 Å². The zero-order chi connectivity index (χ0) is 99.7. The first-order chi connectivity index (χ1) is 65.2. The van der Waals surface area contributed by atoms with Crippen molar-refractivity contribution in [1.29, 1.82) is 0 Å². The van der Waals surface area contributed by atoms with Crippen molar-refractivity contribution in [2.45, 2.75) is 223 Å². The van der Waals surface area contributed by atoms with Gasteiger partial charge >= 0.3 is 48.0 Å². The molecule has 736 valence electrons. The van der Waals surface area contributed by atoms with Crippen LogP contribution in [0.5, 0.6) is 0 Å². The molecule has 28 heteroatoms. The molecule has 0 aliphatic carbocycles. The maximum absolute atomic E-state index is 13.5. The number of aliphatic carboxylic acids is 4. The SMILES string of the molecule is CCCCSC[C@H](NC(=O)N(CCc1ccccc1)C(=O)c1cccc(CC(C)C)c1)C(=O)O.CCCCSC[C@H](NC(=O)N(CCc1ccccc1)C(=O)c1cccc(CCC(C)C)c1)C(=O)O.CCCCSC[C@H](NC(=O)N(Cc1ccccc1)C(=O)c1cccc(CC(C)C)c1)C(=O)O.CCCCSC[C@H](NC(=O)N(Cc1ccccc1)C(=O)c1cccc(CCC(C)C)c1)C(=O)O. The second-order valence-corrected chi connectivity index (χ2v) is 39.7. The van der Waals surface area contributed by atoms with E-state index in [0.29, 0.717) is 58.8 Å². The molecule has 0 aliphatic rings. The third kappa shape index (κ3) is 45.2. The van der Waals surface area contributed by atoms with Gasteiger partial charge < -0.3 is 41.7 Å². The van der Waals surface area contributed by atoms with Crippen molar-refractivity contribution >= 4 is 119 Å². The average molecular weight is 1940 g/mol. The number of aryl methyl sites for hydroxylation is 2. The number of unbranched alkanes of at least 4 members (excludes halogenated alkanes) is 4. The third-order valence-corrected chi connectivity index (χ3v) is 25.9. The van der Waals surface area contributed by atoms with E-state index in [2.05, 4.69) is 104 Å². The molecule has 0 unspecified atom stereocenters. The predicted molar refractivity (Wildman–Crippen MR) is 553 cm³/mol. The number of benzene rings is 8. The lowest BCUT2D eigenvalue weighted by Crippen LogP contribution is -2.51. The number of thioether (sulfide) groups is 4. The summed E-state index contributed by atoms with van der Waals surface area (Å²) in [4.78, 5) is 158. The standard InChI is InChI=1S/C28H38N2O4S.2C27H36N2O4S.C26H34N2O4S/c1-4-5-18-35-20-25(27(32)33)29-28(34)30(17-16-22-10-7-6-8-11-22)26(31)24-13-9-12-23(19-24)15-14-21(2)3;1-4-5-16-34-19-24(26(31)32)28-27(33)29(15-14-21-10-7-6-8-11-21)25(30)23-13-9-12-22(18-23)17-20(2)3;1-4-5-16-34-19-24(26(31)32)28-27(33)29(18-22-10-7-6-8-11-22)25(30)23-13-9-12-21(17-23)15-14-20(2)3;1-4-5-14-33-18-23(25(30)31)27-26(32)28(17-20-10-7-6-8-11-20)24(29)22-13-9-12-21(16-22)15-19(2)3/h6-13,19,21,25H,4-5,14-18,20H2,1-3H3,(H,29,34)(H,32,33);6-13,18,20,24H,4-5,14-17,19H2,1-3H3,(H,28,33)(H,31,32);6-13,17,20,24H,4-5,14-16,18-19H2,1-3H3,(H,28,33)(H,31,32);6-13,16,19,23H,4-5,14-15,17-18H2,1-3H3,(H,27,32)(H,30,31)/t25-;2*24-;23-/m0000/s1. The van der Waals surface area contributed by atoms with Crippen LogP contribution in [0.4, 0.5) is 19.2 Å². The van der Waals surface area contributed by atoms with E-state index in [0.717, 1.165) is 177 Å². The van der Waals surface area contributed by atoms with Crippen LogP contribution in [-0.4, -0.2) is 195 Å². The summed E-state index contributed by atoms with van der Waals surface area (Å²) in [5.41, 5.74) is 9.35. The Bertz CT molecular complexity index is 4960. The zero-order valence-electron chi connectivity index (χ0n) is 81.3. The van der Waals surface area contributed by atoms with Gasteiger partial charge in [-0.05, 0) is 217 Å². The lowest BCUT2D eigenvalue weighted by molar-refractivity contribution is -0.139. The minimum Gasteiger partial charge on any atom is -0.480 e. The fraction of sp³-hybridized carbons (Fsp3) is 0.444. The Morgan fingerprint density at radius 2 is 0.500 bits per heavy atom. The third-order valence-electron chi connectivity index (χ3n) is 21.4. The summed E-state index contributed by atoms with van der Waals surface area (Å²) in [6.45, 7) is 25.7. The van der Waals surface area contributed by atoms with Crippen molar-refractivity contribution in [2.75, 3.05) is 59.1 Å². The number of rotatable bonds is 52. The fourth-order valence-electron chi connectivity index (χ4n) is 13.6. The Hall–Kier alpha value is -11.2. The number of amides is 12. The molecule has 12 amide bonds. The molecule has 0 bridgehead atoms. The zero-order valence-corrected chi connectivity index (χ0v) is 84.6. The van der Waals surface area contributed by atoms with Crippen molar-refractivity contribution in [3.8, 4) is 0 Å². The average Bonchev–Trinajstić information content (AvgIpc) is 0.835. The number of urea groups is 4. The van der Waals surface area contributed by atoms with Crippen LogP contribution >= 0.6 is 47.0 Å². The van der Waals surface area contributed by atoms with Crippen molar-refractivity contribution < 1.29 is 78.0 Å². The number of carbonyl (C=O) groups is 12. The van der Waals surface area contributed by atoms with Crippen LogP contribution in [0.2, 0.25) is 0 Å². The molecule has 24 nitrogen and oxygen atoms in total. The fourth-order valence-corrected chi connectivity index (χ4v) is 18.1. The molecule has 0 aliphatic heterocycles. The van der Waals surface area contributed by atoms with Crippen LogP contribution in [0.3, 0.4) is 0 Å². The first-order valence-corrected chi connectivity index (χ1v) is 52.1. The Morgan fingerprint density at radius 3 is 0.743 bits per heavy atom. The molecule has 0 radical (unpaired) electrons. The summed E-state index contributed by atoms with van der Waals surface area (Å²) in [5, 5.41) is 48.7. The monoisotopic (exact) mass is 1940 g/mol. The Balaban J connectivity index is 0.000000320. The molecular formula is C108H144N8O16S4. The molecule has 4 atom stereocenters. The number of nitrogens with one attached hydrogen (secondary N) is 4. The van der Waals surface area contributed by atoms with Gasteiger partial charge in [-0.2, -0.15) is 47.0 Å². The van der Waals surface area contributed by atoms with E-state index >= 15 is 0 Å². The Morgan fingerprint density at radius 1 is 0.272 bits per heavy atom. The minimum absolute atomic E-state index is 0.0508. The number of nitrogens with zero attached hydrogens (tertiary/aromatic N) is 4. The molecule has 8 rings (SSSR count). The van der Waals surface area contributed by atoms with Gasteiger partial charge in [-0.25, -0.2) is 38.4 Å². The molecule has 0 saturated heterocycles. The molecule has 136 heavy (non-hydrogen) atoms. The van der Waals surface area contributed by atoms with Gasteiger partial charge in [-0.1, -0.05) is 279 Å². The highest BCUT2D eigenvalue weighted by molar-refractivity contribution is 8.00. The number of imide groups is 4. The van der Waals surface area contributed by atoms with Crippen LogP contribution in [0.15, 0.2) is 218 Å². The number of carboxylic acid groups (broad SMARTS) is 4. The van der Waals surface area contributed by atoms with E-state index in [9.17, 15) is 78.0 Å². The van der Waals surface area contributed by atoms with Crippen LogP contribution in [0, 0.1) is 23.7 Å². The van der Waals surface area contributed by atoms with Gasteiger partial charge in [0.05, 0.1) is 13.1 Å². The largest absolute Gasteiger partial charge is 0.480 e. The highest BCUT2D eigenvalue weighted by Gasteiger charge is 2.34. The molecule has 0 aromatic heterocycles. The molecular weight excluding hydrogens is 1790 g/mol. The normalized spacial score (nSPS) is 11.8. The maximum atomic E-state index is 13.5. The van der Waals surface area contributed by atoms with Gasteiger partial charge in [-0.3, -0.25) is 38.8 Å². The van der Waals surface area contributed by atoms with E-state index in [1.807, 2.05) is 194 Å². The Kier molecular flexibility index (Phi) is 55.5. The summed E-state index contributed by atoms with van der Waals surface area (Å²) in [6.07, 6.45) is 14.3. The van der Waals surface area contributed by atoms with E-state index in [1.54, 1.807) is 24.3 Å². The highest BCUT2D eigenvalue weighted by Crippen LogP contribution is 2.23. The number of carboxylic acids is 4. The highest BCUT2D eigenvalue weighted by atomic mass is 32.2. The van der Waals surface area contributed by atoms with Crippen molar-refractivity contribution in [2.24, 2.45) is 23.7 Å². The van der Waals surface area contributed by atoms with Crippen LogP contribution in [0.1, 0.15) is 233 Å². The number of hydrogen-bond donors (Lipinski definition) is 8. The minimum atomic E-state index is -1.11. The van der Waals surface area contributed by atoms with Crippen molar-refractivity contribution in [1.82, 2.24) is 40.9 Å². The van der Waals surface area contributed by atoms with E-state index in [4.69, 9.17) is 0 Å². The molecule has 0 saturated carbocycles. The van der Waals surface area contributed by atoms with Gasteiger partial charge in [0.2, 0.25) is 0 Å².